The first-order chi connectivity index (χ1) is 11.6. The average molecular weight is 327 g/mol. The SMILES string of the molecule is Cc1ccc(CCC(=O)NC2CCN(c3ccccn3)C2)cc1F. The number of carbonyl (C=O) groups is 1. The zero-order valence-electron chi connectivity index (χ0n) is 13.8. The van der Waals surface area contributed by atoms with E-state index in [0.717, 1.165) is 30.9 Å². The quantitative estimate of drug-likeness (QED) is 0.918. The molecule has 0 aliphatic carbocycles. The van der Waals surface area contributed by atoms with E-state index in [0.29, 0.717) is 18.4 Å². The molecular formula is C19H22FN3O. The molecule has 1 aromatic heterocycles. The van der Waals surface area contributed by atoms with Crippen LogP contribution in [0.5, 0.6) is 0 Å². The Kier molecular flexibility index (Phi) is 5.08. The Morgan fingerprint density at radius 3 is 3.00 bits per heavy atom. The summed E-state index contributed by atoms with van der Waals surface area (Å²) in [4.78, 5) is 18.7. The number of rotatable bonds is 5. The standard InChI is InChI=1S/C19H22FN3O/c1-14-5-6-15(12-17(14)20)7-8-19(24)22-16-9-11-23(13-16)18-4-2-3-10-21-18/h2-6,10,12,16H,7-9,11,13H2,1H3,(H,22,24). The van der Waals surface area contributed by atoms with Gasteiger partial charge < -0.3 is 10.2 Å². The van der Waals surface area contributed by atoms with Crippen LogP contribution in [-0.4, -0.2) is 30.0 Å². The molecule has 5 heteroatoms. The van der Waals surface area contributed by atoms with Crippen LogP contribution in [0.2, 0.25) is 0 Å². The summed E-state index contributed by atoms with van der Waals surface area (Å²) >= 11 is 0. The summed E-state index contributed by atoms with van der Waals surface area (Å²) in [6.07, 6.45) is 3.63. The molecule has 1 aliphatic heterocycles. The first-order valence-corrected chi connectivity index (χ1v) is 8.32. The average Bonchev–Trinajstić information content (AvgIpc) is 3.05. The van der Waals surface area contributed by atoms with E-state index in [1.807, 2.05) is 24.3 Å². The number of amides is 1. The minimum absolute atomic E-state index is 0.0175. The highest BCUT2D eigenvalue weighted by molar-refractivity contribution is 5.76. The fourth-order valence-corrected chi connectivity index (χ4v) is 2.98. The van der Waals surface area contributed by atoms with Gasteiger partial charge in [0.05, 0.1) is 0 Å². The molecule has 1 N–H and O–H groups in total. The largest absolute Gasteiger partial charge is 0.354 e. The van der Waals surface area contributed by atoms with Crippen LogP contribution in [0.3, 0.4) is 0 Å². The van der Waals surface area contributed by atoms with E-state index in [-0.39, 0.29) is 17.8 Å². The molecule has 0 bridgehead atoms. The summed E-state index contributed by atoms with van der Waals surface area (Å²) in [5.74, 6) is 0.753. The van der Waals surface area contributed by atoms with Crippen molar-refractivity contribution in [3.63, 3.8) is 0 Å². The monoisotopic (exact) mass is 327 g/mol. The molecule has 126 valence electrons. The van der Waals surface area contributed by atoms with Crippen LogP contribution in [0.4, 0.5) is 10.2 Å². The first-order valence-electron chi connectivity index (χ1n) is 8.32. The molecule has 1 amide bonds. The molecule has 2 aromatic rings. The van der Waals surface area contributed by atoms with Gasteiger partial charge in [-0.05, 0) is 49.1 Å². The Labute approximate surface area is 141 Å². The summed E-state index contributed by atoms with van der Waals surface area (Å²) in [5, 5.41) is 3.07. The van der Waals surface area contributed by atoms with E-state index >= 15 is 0 Å². The molecule has 0 radical (unpaired) electrons. The number of hydrogen-bond acceptors (Lipinski definition) is 3. The molecule has 0 saturated carbocycles. The van der Waals surface area contributed by atoms with Crippen molar-refractivity contribution in [3.05, 3.63) is 59.5 Å². The Bertz CT molecular complexity index is 705. The van der Waals surface area contributed by atoms with Gasteiger partial charge in [-0.25, -0.2) is 9.37 Å². The number of nitrogens with one attached hydrogen (secondary N) is 1. The number of aryl methyl sites for hydroxylation is 2. The van der Waals surface area contributed by atoms with Crippen LogP contribution in [-0.2, 0) is 11.2 Å². The van der Waals surface area contributed by atoms with Crippen molar-refractivity contribution in [2.45, 2.75) is 32.2 Å². The maximum atomic E-state index is 13.5. The van der Waals surface area contributed by atoms with Gasteiger partial charge in [-0.3, -0.25) is 4.79 Å². The molecule has 24 heavy (non-hydrogen) atoms. The van der Waals surface area contributed by atoms with Crippen molar-refractivity contribution in [1.82, 2.24) is 10.3 Å². The number of pyridine rings is 1. The predicted octanol–water partition coefficient (Wildman–Crippen LogP) is 2.86. The lowest BCUT2D eigenvalue weighted by Gasteiger charge is -2.17. The van der Waals surface area contributed by atoms with Crippen LogP contribution < -0.4 is 10.2 Å². The van der Waals surface area contributed by atoms with Crippen molar-refractivity contribution < 1.29 is 9.18 Å². The molecule has 3 rings (SSSR count). The van der Waals surface area contributed by atoms with Gasteiger partial charge in [-0.2, -0.15) is 0 Å². The highest BCUT2D eigenvalue weighted by Gasteiger charge is 2.24. The van der Waals surface area contributed by atoms with Crippen molar-refractivity contribution in [1.29, 1.82) is 0 Å². The van der Waals surface area contributed by atoms with Gasteiger partial charge in [0.2, 0.25) is 5.91 Å². The number of anilines is 1. The van der Waals surface area contributed by atoms with E-state index in [9.17, 15) is 9.18 Å². The second-order valence-corrected chi connectivity index (χ2v) is 6.27. The topological polar surface area (TPSA) is 45.2 Å². The van der Waals surface area contributed by atoms with Crippen LogP contribution in [0.1, 0.15) is 24.0 Å². The lowest BCUT2D eigenvalue weighted by Crippen LogP contribution is -2.37. The molecule has 0 spiro atoms. The summed E-state index contributed by atoms with van der Waals surface area (Å²) < 4.78 is 13.5. The molecule has 1 atom stereocenters. The first kappa shape index (κ1) is 16.4. The van der Waals surface area contributed by atoms with Crippen molar-refractivity contribution >= 4 is 11.7 Å². The van der Waals surface area contributed by atoms with Gasteiger partial charge in [-0.1, -0.05) is 18.2 Å². The third-order valence-electron chi connectivity index (χ3n) is 4.40. The molecule has 2 heterocycles. The van der Waals surface area contributed by atoms with E-state index in [2.05, 4.69) is 15.2 Å². The summed E-state index contributed by atoms with van der Waals surface area (Å²) in [6, 6.07) is 11.1. The third-order valence-corrected chi connectivity index (χ3v) is 4.40. The number of halogens is 1. The molecule has 4 nitrogen and oxygen atoms in total. The normalized spacial score (nSPS) is 17.1. The number of carbonyl (C=O) groups excluding carboxylic acids is 1. The number of hydrogen-bond donors (Lipinski definition) is 1. The maximum absolute atomic E-state index is 13.5. The second-order valence-electron chi connectivity index (χ2n) is 6.27. The molecule has 1 fully saturated rings. The zero-order chi connectivity index (χ0) is 16.9. The summed E-state index contributed by atoms with van der Waals surface area (Å²) in [7, 11) is 0. The summed E-state index contributed by atoms with van der Waals surface area (Å²) in [6.45, 7) is 3.41. The number of aromatic nitrogens is 1. The van der Waals surface area contributed by atoms with Gasteiger partial charge in [-0.15, -0.1) is 0 Å². The third kappa shape index (κ3) is 4.10. The van der Waals surface area contributed by atoms with Gasteiger partial charge in [0.1, 0.15) is 11.6 Å². The highest BCUT2D eigenvalue weighted by atomic mass is 19.1. The summed E-state index contributed by atoms with van der Waals surface area (Å²) in [5.41, 5.74) is 1.48. The van der Waals surface area contributed by atoms with E-state index in [1.54, 1.807) is 19.2 Å². The lowest BCUT2D eigenvalue weighted by atomic mass is 10.1. The Morgan fingerprint density at radius 1 is 1.38 bits per heavy atom. The van der Waals surface area contributed by atoms with E-state index in [1.165, 1.54) is 6.07 Å². The van der Waals surface area contributed by atoms with Crippen molar-refractivity contribution in [2.75, 3.05) is 18.0 Å². The Hall–Kier alpha value is -2.43. The molecule has 1 unspecified atom stereocenters. The Balaban J connectivity index is 1.46. The van der Waals surface area contributed by atoms with E-state index < -0.39 is 0 Å². The molecule has 1 aliphatic rings. The number of nitrogens with zero attached hydrogens (tertiary/aromatic N) is 2. The van der Waals surface area contributed by atoms with Gasteiger partial charge in [0.25, 0.3) is 0 Å². The van der Waals surface area contributed by atoms with Crippen LogP contribution in [0, 0.1) is 12.7 Å². The lowest BCUT2D eigenvalue weighted by molar-refractivity contribution is -0.121. The van der Waals surface area contributed by atoms with Crippen LogP contribution in [0.25, 0.3) is 0 Å². The van der Waals surface area contributed by atoms with Crippen LogP contribution >= 0.6 is 0 Å². The minimum atomic E-state index is -0.213. The fourth-order valence-electron chi connectivity index (χ4n) is 2.98. The fraction of sp³-hybridized carbons (Fsp3) is 0.368. The molecule has 1 saturated heterocycles. The maximum Gasteiger partial charge on any atom is 0.220 e. The van der Waals surface area contributed by atoms with E-state index in [4.69, 9.17) is 0 Å². The Morgan fingerprint density at radius 2 is 2.25 bits per heavy atom. The van der Waals surface area contributed by atoms with Crippen LogP contribution in [0.15, 0.2) is 42.6 Å². The predicted molar refractivity (Wildman–Crippen MR) is 92.5 cm³/mol. The van der Waals surface area contributed by atoms with Crippen molar-refractivity contribution in [2.24, 2.45) is 0 Å². The highest BCUT2D eigenvalue weighted by Crippen LogP contribution is 2.17. The van der Waals surface area contributed by atoms with Gasteiger partial charge in [0, 0.05) is 31.7 Å². The minimum Gasteiger partial charge on any atom is -0.354 e. The van der Waals surface area contributed by atoms with Gasteiger partial charge in [0.15, 0.2) is 0 Å². The zero-order valence-corrected chi connectivity index (χ0v) is 13.8. The van der Waals surface area contributed by atoms with Crippen molar-refractivity contribution in [3.8, 4) is 0 Å². The molecule has 1 aromatic carbocycles. The second kappa shape index (κ2) is 7.43. The smallest absolute Gasteiger partial charge is 0.220 e. The van der Waals surface area contributed by atoms with Gasteiger partial charge >= 0.3 is 0 Å². The molecular weight excluding hydrogens is 305 g/mol. The number of benzene rings is 1.